The molecule has 0 fully saturated rings. The van der Waals surface area contributed by atoms with Crippen molar-refractivity contribution in [3.05, 3.63) is 134 Å². The topological polar surface area (TPSA) is 147 Å². The van der Waals surface area contributed by atoms with Crippen LogP contribution < -0.4 is 5.73 Å². The van der Waals surface area contributed by atoms with Gasteiger partial charge in [-0.3, -0.25) is 10.1 Å². The minimum atomic E-state index is -1.69. The maximum atomic E-state index is 13.0. The van der Waals surface area contributed by atoms with Gasteiger partial charge in [0.1, 0.15) is 0 Å². The summed E-state index contributed by atoms with van der Waals surface area (Å²) in [6.07, 6.45) is 0.514. The highest BCUT2D eigenvalue weighted by Gasteiger charge is 2.51. The Hall–Kier alpha value is -4.76. The van der Waals surface area contributed by atoms with E-state index in [1.54, 1.807) is 18.7 Å². The summed E-state index contributed by atoms with van der Waals surface area (Å²) < 4.78 is 0. The molecule has 212 valence electrons. The molecule has 9 nitrogen and oxygen atoms in total. The number of hydrogen-bond acceptors (Lipinski definition) is 6. The highest BCUT2D eigenvalue weighted by Crippen LogP contribution is 2.50. The third kappa shape index (κ3) is 5.49. The fourth-order valence-corrected chi connectivity index (χ4v) is 6.21. The van der Waals surface area contributed by atoms with E-state index in [-0.39, 0.29) is 41.3 Å². The minimum Gasteiger partial charge on any atom is -0.478 e. The molecular formula is C32H33N3O6. The summed E-state index contributed by atoms with van der Waals surface area (Å²) in [4.78, 5) is 38.7. The van der Waals surface area contributed by atoms with E-state index in [1.807, 2.05) is 60.7 Å². The molecule has 0 saturated carbocycles. The van der Waals surface area contributed by atoms with E-state index >= 15 is 0 Å². The number of rotatable bonds is 11. The lowest BCUT2D eigenvalue weighted by Crippen LogP contribution is -2.47. The van der Waals surface area contributed by atoms with E-state index in [1.165, 1.54) is 24.3 Å². The number of carbonyl (C=O) groups is 2. The van der Waals surface area contributed by atoms with Crippen LogP contribution in [0.5, 0.6) is 0 Å². The van der Waals surface area contributed by atoms with E-state index in [2.05, 4.69) is 0 Å². The number of aliphatic carboxylic acids is 2. The van der Waals surface area contributed by atoms with Crippen molar-refractivity contribution >= 4 is 17.6 Å². The smallest absolute Gasteiger partial charge is 0.334 e. The number of nitro groups is 1. The van der Waals surface area contributed by atoms with Crippen LogP contribution in [0.25, 0.3) is 0 Å². The molecule has 4 N–H and O–H groups in total. The van der Waals surface area contributed by atoms with Crippen molar-refractivity contribution in [1.29, 1.82) is 0 Å². The monoisotopic (exact) mass is 555 g/mol. The summed E-state index contributed by atoms with van der Waals surface area (Å²) in [5.74, 6) is -2.63. The van der Waals surface area contributed by atoms with E-state index in [4.69, 9.17) is 5.73 Å². The fraction of sp³-hybridized carbons (Fsp3) is 0.250. The average Bonchev–Trinajstić information content (AvgIpc) is 2.95. The number of carboxylic acids is 2. The number of nitrogens with zero attached hydrogens (tertiary/aromatic N) is 2. The van der Waals surface area contributed by atoms with Crippen molar-refractivity contribution in [1.82, 2.24) is 4.90 Å². The second kappa shape index (κ2) is 12.2. The molecule has 1 aliphatic rings. The largest absolute Gasteiger partial charge is 0.478 e. The van der Waals surface area contributed by atoms with Crippen LogP contribution >= 0.6 is 0 Å². The van der Waals surface area contributed by atoms with Crippen molar-refractivity contribution in [3.8, 4) is 0 Å². The second-order valence-corrected chi connectivity index (χ2v) is 10.1. The first-order valence-electron chi connectivity index (χ1n) is 13.3. The maximum Gasteiger partial charge on any atom is 0.334 e. The Labute approximate surface area is 238 Å². The van der Waals surface area contributed by atoms with E-state index in [0.717, 1.165) is 11.1 Å². The first-order valence-corrected chi connectivity index (χ1v) is 13.3. The summed E-state index contributed by atoms with van der Waals surface area (Å²) in [6.45, 7) is 3.62. The van der Waals surface area contributed by atoms with Gasteiger partial charge in [0, 0.05) is 36.0 Å². The van der Waals surface area contributed by atoms with Crippen LogP contribution in [0.1, 0.15) is 49.3 Å². The molecular weight excluding hydrogens is 522 g/mol. The Bertz CT molecular complexity index is 1440. The number of benzene rings is 3. The number of non-ortho nitro benzene ring substituents is 1. The molecule has 0 aliphatic carbocycles. The van der Waals surface area contributed by atoms with Gasteiger partial charge in [0.15, 0.2) is 0 Å². The van der Waals surface area contributed by atoms with Crippen LogP contribution in [0.3, 0.4) is 0 Å². The zero-order valence-corrected chi connectivity index (χ0v) is 23.0. The lowest BCUT2D eigenvalue weighted by Gasteiger charge is -2.45. The van der Waals surface area contributed by atoms with Gasteiger partial charge in [0.25, 0.3) is 5.69 Å². The predicted octanol–water partition coefficient (Wildman–Crippen LogP) is 5.44. The molecule has 0 spiro atoms. The van der Waals surface area contributed by atoms with Gasteiger partial charge in [0.2, 0.25) is 0 Å². The number of nitrogens with two attached hydrogens (primary N) is 1. The standard InChI is InChI=1S/C32H33N3O6/c1-21-28(30(36)37)32(17-18-33,25-14-9-15-26(20-25)35(40)41)29(31(38)39)22(2)34(21)19-16-27(23-10-5-3-6-11-23)24-12-7-4-8-13-24/h3-15,20,27H,16-19,33H2,1-2H3,(H,36,37)(H,38,39). The quantitative estimate of drug-likeness (QED) is 0.209. The highest BCUT2D eigenvalue weighted by molar-refractivity contribution is 6.00. The molecule has 0 radical (unpaired) electrons. The number of carboxylic acid groups (broad SMARTS) is 2. The maximum absolute atomic E-state index is 13.0. The molecule has 0 aromatic heterocycles. The Morgan fingerprint density at radius 1 is 0.878 bits per heavy atom. The van der Waals surface area contributed by atoms with E-state index in [9.17, 15) is 29.9 Å². The summed E-state index contributed by atoms with van der Waals surface area (Å²) >= 11 is 0. The van der Waals surface area contributed by atoms with Gasteiger partial charge >= 0.3 is 11.9 Å². The van der Waals surface area contributed by atoms with Crippen LogP contribution in [-0.2, 0) is 15.0 Å². The molecule has 0 saturated heterocycles. The van der Waals surface area contributed by atoms with Crippen molar-refractivity contribution < 1.29 is 24.7 Å². The van der Waals surface area contributed by atoms with Gasteiger partial charge in [-0.2, -0.15) is 0 Å². The van der Waals surface area contributed by atoms with Gasteiger partial charge in [-0.25, -0.2) is 9.59 Å². The predicted molar refractivity (Wildman–Crippen MR) is 155 cm³/mol. The van der Waals surface area contributed by atoms with Crippen LogP contribution in [0, 0.1) is 10.1 Å². The molecule has 41 heavy (non-hydrogen) atoms. The Morgan fingerprint density at radius 3 is 1.83 bits per heavy atom. The van der Waals surface area contributed by atoms with Crippen molar-refractivity contribution in [3.63, 3.8) is 0 Å². The fourth-order valence-electron chi connectivity index (χ4n) is 6.21. The summed E-state index contributed by atoms with van der Waals surface area (Å²) in [6, 6.07) is 25.4. The normalized spacial score (nSPS) is 14.9. The lowest BCUT2D eigenvalue weighted by molar-refractivity contribution is -0.385. The Morgan fingerprint density at radius 2 is 1.39 bits per heavy atom. The van der Waals surface area contributed by atoms with Crippen LogP contribution in [-0.4, -0.2) is 45.1 Å². The van der Waals surface area contributed by atoms with E-state index in [0.29, 0.717) is 24.4 Å². The molecule has 1 heterocycles. The number of nitro benzene ring substituents is 1. The molecule has 0 atom stereocenters. The van der Waals surface area contributed by atoms with Gasteiger partial charge < -0.3 is 20.8 Å². The highest BCUT2D eigenvalue weighted by atomic mass is 16.6. The summed E-state index contributed by atoms with van der Waals surface area (Å²) in [5.41, 5.74) is 6.85. The van der Waals surface area contributed by atoms with Gasteiger partial charge in [-0.05, 0) is 49.9 Å². The molecule has 1 aliphatic heterocycles. The first-order chi connectivity index (χ1) is 19.6. The second-order valence-electron chi connectivity index (χ2n) is 10.1. The van der Waals surface area contributed by atoms with Crippen molar-refractivity contribution in [2.24, 2.45) is 5.73 Å². The van der Waals surface area contributed by atoms with Gasteiger partial charge in [-0.15, -0.1) is 0 Å². The van der Waals surface area contributed by atoms with Crippen LogP contribution in [0.4, 0.5) is 5.69 Å². The summed E-state index contributed by atoms with van der Waals surface area (Å²) in [7, 11) is 0. The number of allylic oxidation sites excluding steroid dienone is 2. The zero-order valence-electron chi connectivity index (χ0n) is 23.0. The van der Waals surface area contributed by atoms with Crippen LogP contribution in [0.2, 0.25) is 0 Å². The first kappa shape index (κ1) is 29.2. The minimum absolute atomic E-state index is 0.0212. The SMILES string of the molecule is CC1=C(C(=O)O)C(CCN)(c2cccc([N+](=O)[O-])c2)C(C(=O)O)=C(C)N1CCC(c1ccccc1)c1ccccc1. The van der Waals surface area contributed by atoms with E-state index < -0.39 is 22.3 Å². The van der Waals surface area contributed by atoms with Crippen LogP contribution in [0.15, 0.2) is 107 Å². The van der Waals surface area contributed by atoms with Crippen molar-refractivity contribution in [2.45, 2.75) is 38.0 Å². The molecule has 3 aromatic rings. The zero-order chi connectivity index (χ0) is 29.7. The van der Waals surface area contributed by atoms with Crippen molar-refractivity contribution in [2.75, 3.05) is 13.1 Å². The lowest BCUT2D eigenvalue weighted by atomic mass is 9.63. The molecule has 3 aromatic carbocycles. The Balaban J connectivity index is 1.88. The molecule has 9 heteroatoms. The molecule has 0 bridgehead atoms. The third-order valence-corrected chi connectivity index (χ3v) is 7.93. The van der Waals surface area contributed by atoms with Gasteiger partial charge in [-0.1, -0.05) is 72.8 Å². The van der Waals surface area contributed by atoms with Gasteiger partial charge in [0.05, 0.1) is 21.5 Å². The molecule has 0 amide bonds. The number of hydrogen-bond donors (Lipinski definition) is 3. The molecule has 0 unspecified atom stereocenters. The average molecular weight is 556 g/mol. The Kier molecular flexibility index (Phi) is 8.68. The third-order valence-electron chi connectivity index (χ3n) is 7.93. The summed E-state index contributed by atoms with van der Waals surface area (Å²) in [5, 5.41) is 32.8. The molecule has 4 rings (SSSR count).